The molecule has 43 heavy (non-hydrogen) atoms. The molecule has 2 aromatic carbocycles. The van der Waals surface area contributed by atoms with Gasteiger partial charge in [0.15, 0.2) is 23.1 Å². The number of benzene rings is 2. The predicted octanol–water partition coefficient (Wildman–Crippen LogP) is 5.03. The third kappa shape index (κ3) is 9.68. The lowest BCUT2D eigenvalue weighted by atomic mass is 10.1. The molecule has 0 aliphatic carbocycles. The second kappa shape index (κ2) is 14.3. The summed E-state index contributed by atoms with van der Waals surface area (Å²) in [7, 11) is -4.43. The smallest absolute Gasteiger partial charge is 0.410 e. The molecule has 1 aliphatic heterocycles. The molecular formula is C30H35F2N3O7S. The SMILES string of the molecule is CCOC(=O)CS(=O)(=O)N(C/C=C/c1cccc(C#N)c1)c1cc(F)c(OC2CCN(C(=O)OC(C)(C)C)CC2)c(F)c1. The molecule has 1 amide bonds. The van der Waals surface area contributed by atoms with Crippen molar-refractivity contribution in [3.63, 3.8) is 0 Å². The highest BCUT2D eigenvalue weighted by atomic mass is 32.2. The van der Waals surface area contributed by atoms with Crippen molar-refractivity contribution >= 4 is 33.8 Å². The molecule has 3 rings (SSSR count). The summed E-state index contributed by atoms with van der Waals surface area (Å²) in [5.74, 6) is -5.00. The second-order valence-electron chi connectivity index (χ2n) is 10.8. The second-order valence-corrected chi connectivity index (χ2v) is 12.6. The number of rotatable bonds is 10. The molecule has 0 saturated carbocycles. The van der Waals surface area contributed by atoms with E-state index in [1.54, 1.807) is 51.1 Å². The van der Waals surface area contributed by atoms with E-state index in [0.717, 1.165) is 12.1 Å². The summed E-state index contributed by atoms with van der Waals surface area (Å²) in [5, 5.41) is 9.10. The predicted molar refractivity (Wildman–Crippen MR) is 156 cm³/mol. The fraction of sp³-hybridized carbons (Fsp3) is 0.433. The number of anilines is 1. The van der Waals surface area contributed by atoms with Crippen molar-refractivity contribution < 1.29 is 41.0 Å². The summed E-state index contributed by atoms with van der Waals surface area (Å²) in [4.78, 5) is 25.8. The lowest BCUT2D eigenvalue weighted by Gasteiger charge is -2.33. The van der Waals surface area contributed by atoms with Gasteiger partial charge < -0.3 is 19.1 Å². The Morgan fingerprint density at radius 3 is 2.37 bits per heavy atom. The lowest BCUT2D eigenvalue weighted by molar-refractivity contribution is -0.139. The van der Waals surface area contributed by atoms with Crippen molar-refractivity contribution in [2.75, 3.05) is 36.3 Å². The van der Waals surface area contributed by atoms with Crippen LogP contribution in [-0.4, -0.2) is 69.1 Å². The van der Waals surface area contributed by atoms with Gasteiger partial charge in [-0.15, -0.1) is 0 Å². The minimum absolute atomic E-state index is 0.0461. The van der Waals surface area contributed by atoms with Gasteiger partial charge in [0.05, 0.1) is 30.5 Å². The highest BCUT2D eigenvalue weighted by molar-refractivity contribution is 7.93. The Morgan fingerprint density at radius 1 is 1.14 bits per heavy atom. The summed E-state index contributed by atoms with van der Waals surface area (Å²) in [6.07, 6.45) is 2.50. The molecule has 1 fully saturated rings. The fourth-order valence-corrected chi connectivity index (χ4v) is 5.53. The Balaban J connectivity index is 1.81. The molecule has 1 heterocycles. The van der Waals surface area contributed by atoms with Crippen LogP contribution in [0.15, 0.2) is 42.5 Å². The van der Waals surface area contributed by atoms with Gasteiger partial charge in [0.25, 0.3) is 0 Å². The number of likely N-dealkylation sites (tertiary alicyclic amines) is 1. The molecule has 0 aromatic heterocycles. The van der Waals surface area contributed by atoms with Crippen LogP contribution in [0, 0.1) is 23.0 Å². The van der Waals surface area contributed by atoms with Crippen LogP contribution in [-0.2, 0) is 24.3 Å². The van der Waals surface area contributed by atoms with Gasteiger partial charge in [0, 0.05) is 38.1 Å². The molecule has 1 saturated heterocycles. The van der Waals surface area contributed by atoms with Crippen molar-refractivity contribution in [3.05, 3.63) is 65.2 Å². The third-order valence-corrected chi connectivity index (χ3v) is 7.82. The zero-order chi connectivity index (χ0) is 31.8. The van der Waals surface area contributed by atoms with Crippen LogP contribution in [0.4, 0.5) is 19.3 Å². The zero-order valence-electron chi connectivity index (χ0n) is 24.5. The van der Waals surface area contributed by atoms with Gasteiger partial charge in [0.1, 0.15) is 11.7 Å². The minimum Gasteiger partial charge on any atom is -0.484 e. The van der Waals surface area contributed by atoms with E-state index < -0.39 is 56.9 Å². The average Bonchev–Trinajstić information content (AvgIpc) is 2.92. The van der Waals surface area contributed by atoms with Gasteiger partial charge in [-0.25, -0.2) is 22.0 Å². The number of ether oxygens (including phenoxy) is 3. The van der Waals surface area contributed by atoms with Crippen LogP contribution >= 0.6 is 0 Å². The maximum Gasteiger partial charge on any atom is 0.410 e. The van der Waals surface area contributed by atoms with Crippen LogP contribution < -0.4 is 9.04 Å². The maximum atomic E-state index is 15.2. The Hall–Kier alpha value is -4.18. The molecule has 1 aliphatic rings. The molecule has 0 unspecified atom stereocenters. The van der Waals surface area contributed by atoms with Gasteiger partial charge in [-0.3, -0.25) is 9.10 Å². The Morgan fingerprint density at radius 2 is 1.79 bits per heavy atom. The van der Waals surface area contributed by atoms with Crippen molar-refractivity contribution in [2.24, 2.45) is 0 Å². The van der Waals surface area contributed by atoms with Crippen LogP contribution in [0.25, 0.3) is 6.08 Å². The summed E-state index contributed by atoms with van der Waals surface area (Å²) < 4.78 is 73.3. The number of sulfonamides is 1. The van der Waals surface area contributed by atoms with Gasteiger partial charge in [-0.05, 0) is 45.4 Å². The maximum absolute atomic E-state index is 15.2. The monoisotopic (exact) mass is 619 g/mol. The first kappa shape index (κ1) is 33.3. The number of esters is 1. The average molecular weight is 620 g/mol. The molecule has 0 spiro atoms. The summed E-state index contributed by atoms with van der Waals surface area (Å²) >= 11 is 0. The van der Waals surface area contributed by atoms with Crippen LogP contribution in [0.3, 0.4) is 0 Å². The first-order valence-corrected chi connectivity index (χ1v) is 15.3. The molecule has 2 aromatic rings. The number of nitriles is 1. The van der Waals surface area contributed by atoms with Gasteiger partial charge in [0.2, 0.25) is 10.0 Å². The number of carbonyl (C=O) groups is 2. The summed E-state index contributed by atoms with van der Waals surface area (Å²) in [6.45, 7) is 6.90. The molecular weight excluding hydrogens is 584 g/mol. The topological polar surface area (TPSA) is 126 Å². The molecule has 13 heteroatoms. The zero-order valence-corrected chi connectivity index (χ0v) is 25.3. The van der Waals surface area contributed by atoms with E-state index in [9.17, 15) is 18.0 Å². The van der Waals surface area contributed by atoms with Gasteiger partial charge in [-0.2, -0.15) is 5.26 Å². The highest BCUT2D eigenvalue weighted by Crippen LogP contribution is 2.31. The van der Waals surface area contributed by atoms with Gasteiger partial charge >= 0.3 is 12.1 Å². The molecule has 0 atom stereocenters. The van der Waals surface area contributed by atoms with E-state index in [1.165, 1.54) is 17.9 Å². The third-order valence-electron chi connectivity index (χ3n) is 6.19. The molecule has 0 radical (unpaired) electrons. The highest BCUT2D eigenvalue weighted by Gasteiger charge is 2.31. The van der Waals surface area contributed by atoms with E-state index in [0.29, 0.717) is 28.3 Å². The molecule has 10 nitrogen and oxygen atoms in total. The van der Waals surface area contributed by atoms with Crippen molar-refractivity contribution in [2.45, 2.75) is 52.2 Å². The first-order chi connectivity index (χ1) is 20.2. The van der Waals surface area contributed by atoms with E-state index in [4.69, 9.17) is 19.5 Å². The van der Waals surface area contributed by atoms with Gasteiger partial charge in [-0.1, -0.05) is 24.3 Å². The fourth-order valence-electron chi connectivity index (χ4n) is 4.26. The van der Waals surface area contributed by atoms with Crippen molar-refractivity contribution in [1.29, 1.82) is 5.26 Å². The number of hydrogen-bond acceptors (Lipinski definition) is 8. The van der Waals surface area contributed by atoms with Crippen LogP contribution in [0.5, 0.6) is 5.75 Å². The largest absolute Gasteiger partial charge is 0.484 e. The number of carbonyl (C=O) groups excluding carboxylic acids is 2. The summed E-state index contributed by atoms with van der Waals surface area (Å²) in [6, 6.07) is 10.2. The number of hydrogen-bond donors (Lipinski definition) is 0. The van der Waals surface area contributed by atoms with Crippen molar-refractivity contribution in [3.8, 4) is 11.8 Å². The Kier molecular flexibility index (Phi) is 11.1. The minimum atomic E-state index is -4.43. The standard InChI is InChI=1S/C30H35F2N3O7S/c1-5-40-27(36)20-43(38,39)35(13-7-10-21-8-6-9-22(16-21)19-33)23-17-25(31)28(26(32)18-23)41-24-11-14-34(15-12-24)29(37)42-30(2,3)4/h6-10,16-18,24H,5,11-15,20H2,1-4H3/b10-7+. The van der Waals surface area contributed by atoms with Crippen LogP contribution in [0.2, 0.25) is 0 Å². The molecule has 232 valence electrons. The molecule has 0 bridgehead atoms. The quantitative estimate of drug-likeness (QED) is 0.339. The van der Waals surface area contributed by atoms with E-state index >= 15 is 8.78 Å². The van der Waals surface area contributed by atoms with Crippen LogP contribution in [0.1, 0.15) is 51.7 Å². The van der Waals surface area contributed by atoms with Crippen molar-refractivity contribution in [1.82, 2.24) is 4.90 Å². The number of amides is 1. The molecule has 0 N–H and O–H groups in total. The van der Waals surface area contributed by atoms with E-state index in [2.05, 4.69) is 0 Å². The van der Waals surface area contributed by atoms with E-state index in [-0.39, 0.29) is 31.9 Å². The Bertz CT molecular complexity index is 1470. The lowest BCUT2D eigenvalue weighted by Crippen LogP contribution is -2.44. The first-order valence-electron chi connectivity index (χ1n) is 13.7. The summed E-state index contributed by atoms with van der Waals surface area (Å²) in [5.41, 5.74) is -0.0272. The Labute approximate surface area is 250 Å². The normalized spacial score (nSPS) is 14.3. The van der Waals surface area contributed by atoms with E-state index in [1.807, 2.05) is 6.07 Å². The number of nitrogens with zero attached hydrogens (tertiary/aromatic N) is 3. The number of piperidine rings is 1. The number of halogens is 2.